The number of nitrogens with zero attached hydrogens (tertiary/aromatic N) is 5. The molecule has 1 N–H and O–H groups in total. The number of hydrogen-bond donors (Lipinski definition) is 1. The van der Waals surface area contributed by atoms with Gasteiger partial charge >= 0.3 is 6.09 Å². The molecular weight excluding hydrogens is 417 g/mol. The summed E-state index contributed by atoms with van der Waals surface area (Å²) in [4.78, 5) is 22.2. The Hall–Kier alpha value is -3.04. The van der Waals surface area contributed by atoms with Crippen LogP contribution in [0.1, 0.15) is 29.2 Å². The summed E-state index contributed by atoms with van der Waals surface area (Å²) in [5, 5.41) is 16.8. The van der Waals surface area contributed by atoms with E-state index in [4.69, 9.17) is 11.6 Å². The van der Waals surface area contributed by atoms with E-state index in [2.05, 4.69) is 15.1 Å². The third-order valence-corrected chi connectivity index (χ3v) is 5.60. The molecule has 1 aliphatic rings. The van der Waals surface area contributed by atoms with Crippen molar-refractivity contribution >= 4 is 40.4 Å². The summed E-state index contributed by atoms with van der Waals surface area (Å²) in [5.41, 5.74) is 2.14. The molecule has 2 aromatic heterocycles. The van der Waals surface area contributed by atoms with Gasteiger partial charge in [0.1, 0.15) is 5.82 Å². The van der Waals surface area contributed by atoms with Crippen molar-refractivity contribution in [1.29, 1.82) is 0 Å². The summed E-state index contributed by atoms with van der Waals surface area (Å²) < 4.78 is 15.3. The van der Waals surface area contributed by atoms with Gasteiger partial charge in [-0.15, -0.1) is 11.3 Å². The van der Waals surface area contributed by atoms with E-state index < -0.39 is 18.0 Å². The van der Waals surface area contributed by atoms with E-state index in [0.717, 1.165) is 11.0 Å². The molecule has 1 atom stereocenters. The number of allylic oxidation sites excluding steroid dienone is 1. The van der Waals surface area contributed by atoms with Gasteiger partial charge in [-0.3, -0.25) is 4.68 Å². The molecule has 3 aromatic rings. The van der Waals surface area contributed by atoms with Crippen LogP contribution in [0, 0.1) is 5.82 Å². The second kappa shape index (κ2) is 7.41. The van der Waals surface area contributed by atoms with E-state index in [9.17, 15) is 14.3 Å². The number of benzene rings is 1. The summed E-state index contributed by atoms with van der Waals surface area (Å²) in [6.45, 7) is 1.78. The highest BCUT2D eigenvalue weighted by Crippen LogP contribution is 2.43. The average Bonchev–Trinajstić information content (AvgIpc) is 3.32. The van der Waals surface area contributed by atoms with Crippen LogP contribution in [0.3, 0.4) is 0 Å². The van der Waals surface area contributed by atoms with Crippen LogP contribution in [-0.4, -0.2) is 36.7 Å². The number of amides is 1. The maximum atomic E-state index is 13.7. The third kappa shape index (κ3) is 3.43. The predicted molar refractivity (Wildman–Crippen MR) is 108 cm³/mol. The molecule has 0 spiro atoms. The number of rotatable bonds is 3. The second-order valence-electron chi connectivity index (χ2n) is 6.37. The maximum absolute atomic E-state index is 13.7. The fourth-order valence-corrected chi connectivity index (χ4v) is 4.20. The molecule has 0 saturated carbocycles. The topological polar surface area (TPSA) is 83.6 Å². The molecule has 148 valence electrons. The number of aromatic nitrogens is 3. The minimum absolute atomic E-state index is 0.114. The number of aryl methyl sites for hydroxylation is 1. The number of thiazole rings is 1. The zero-order valence-electron chi connectivity index (χ0n) is 15.4. The summed E-state index contributed by atoms with van der Waals surface area (Å²) >= 11 is 7.63. The molecule has 0 saturated heterocycles. The van der Waals surface area contributed by atoms with Crippen molar-refractivity contribution in [3.63, 3.8) is 0 Å². The van der Waals surface area contributed by atoms with Crippen LogP contribution >= 0.6 is 22.9 Å². The maximum Gasteiger partial charge on any atom is 0.413 e. The highest BCUT2D eigenvalue weighted by Gasteiger charge is 2.40. The molecular formula is C19H15ClFN5O2S. The Morgan fingerprint density at radius 3 is 2.72 bits per heavy atom. The number of hydrogen-bond acceptors (Lipinski definition) is 5. The minimum Gasteiger partial charge on any atom is -0.465 e. The van der Waals surface area contributed by atoms with Gasteiger partial charge in [-0.2, -0.15) is 5.10 Å². The first-order valence-corrected chi connectivity index (χ1v) is 9.79. The molecule has 1 unspecified atom stereocenters. The van der Waals surface area contributed by atoms with Crippen molar-refractivity contribution in [2.45, 2.75) is 13.0 Å². The SMILES string of the molecule is CC1=C(c2ccn(C)n2)C(c2ccc(F)cc2Cl)N(C(=O)O)C(c2nccs2)=N1. The van der Waals surface area contributed by atoms with Crippen molar-refractivity contribution in [3.8, 4) is 0 Å². The molecule has 3 heterocycles. The minimum atomic E-state index is -1.23. The largest absolute Gasteiger partial charge is 0.465 e. The predicted octanol–water partition coefficient (Wildman–Crippen LogP) is 4.58. The summed E-state index contributed by atoms with van der Waals surface area (Å²) in [7, 11) is 1.77. The van der Waals surface area contributed by atoms with Crippen molar-refractivity contribution < 1.29 is 14.3 Å². The van der Waals surface area contributed by atoms with Gasteiger partial charge in [0.2, 0.25) is 0 Å². The van der Waals surface area contributed by atoms with Gasteiger partial charge in [0, 0.05) is 41.1 Å². The van der Waals surface area contributed by atoms with Crippen LogP contribution in [0.15, 0.2) is 52.7 Å². The van der Waals surface area contributed by atoms with Gasteiger partial charge in [-0.05, 0) is 30.7 Å². The standard InChI is InChI=1S/C19H15ClFN5O2S/c1-10-15(14-5-7-25(2)24-14)16(12-4-3-11(21)9-13(12)20)26(19(27)28)17(23-10)18-22-6-8-29-18/h3-9,16H,1-2H3,(H,27,28). The quantitative estimate of drug-likeness (QED) is 0.657. The monoisotopic (exact) mass is 431 g/mol. The normalized spacial score (nSPS) is 16.9. The summed E-state index contributed by atoms with van der Waals surface area (Å²) in [5.74, 6) is -0.319. The van der Waals surface area contributed by atoms with Gasteiger partial charge < -0.3 is 5.11 Å². The van der Waals surface area contributed by atoms with E-state index in [1.54, 1.807) is 42.5 Å². The fraction of sp³-hybridized carbons (Fsp3) is 0.158. The number of amidine groups is 1. The second-order valence-corrected chi connectivity index (χ2v) is 7.67. The smallest absolute Gasteiger partial charge is 0.413 e. The number of aliphatic imine (C=N–C) groups is 1. The third-order valence-electron chi connectivity index (χ3n) is 4.50. The van der Waals surface area contributed by atoms with E-state index in [-0.39, 0.29) is 10.9 Å². The lowest BCUT2D eigenvalue weighted by Crippen LogP contribution is -2.42. The van der Waals surface area contributed by atoms with Crippen molar-refractivity contribution in [1.82, 2.24) is 19.7 Å². The lowest BCUT2D eigenvalue weighted by molar-refractivity contribution is 0.163. The Bertz CT molecular complexity index is 1160. The van der Waals surface area contributed by atoms with Gasteiger partial charge in [0.15, 0.2) is 10.8 Å². The lowest BCUT2D eigenvalue weighted by atomic mass is 9.91. The van der Waals surface area contributed by atoms with E-state index in [1.165, 1.54) is 23.5 Å². The molecule has 7 nitrogen and oxygen atoms in total. The molecule has 10 heteroatoms. The van der Waals surface area contributed by atoms with Gasteiger partial charge in [-0.1, -0.05) is 17.7 Å². The average molecular weight is 432 g/mol. The van der Waals surface area contributed by atoms with Crippen LogP contribution in [0.5, 0.6) is 0 Å². The van der Waals surface area contributed by atoms with Crippen LogP contribution in [0.25, 0.3) is 5.57 Å². The van der Waals surface area contributed by atoms with Gasteiger partial charge in [0.25, 0.3) is 0 Å². The number of carbonyl (C=O) groups is 1. The van der Waals surface area contributed by atoms with Gasteiger partial charge in [0.05, 0.1) is 11.7 Å². The molecule has 0 aliphatic carbocycles. The van der Waals surface area contributed by atoms with Crippen LogP contribution in [0.2, 0.25) is 5.02 Å². The number of halogens is 2. The molecule has 1 amide bonds. The Morgan fingerprint density at radius 2 is 2.14 bits per heavy atom. The summed E-state index contributed by atoms with van der Waals surface area (Å²) in [6.07, 6.45) is 2.10. The first-order chi connectivity index (χ1) is 13.9. The molecule has 1 aromatic carbocycles. The zero-order valence-corrected chi connectivity index (χ0v) is 16.9. The van der Waals surface area contributed by atoms with Crippen LogP contribution < -0.4 is 0 Å². The summed E-state index contributed by atoms with van der Waals surface area (Å²) in [6, 6.07) is 4.80. The Labute approximate surface area is 174 Å². The highest BCUT2D eigenvalue weighted by molar-refractivity contribution is 7.11. The molecule has 29 heavy (non-hydrogen) atoms. The van der Waals surface area contributed by atoms with E-state index >= 15 is 0 Å². The lowest BCUT2D eigenvalue weighted by Gasteiger charge is -2.35. The van der Waals surface area contributed by atoms with Crippen LogP contribution in [0.4, 0.5) is 9.18 Å². The molecule has 4 rings (SSSR count). The van der Waals surface area contributed by atoms with Gasteiger partial charge in [-0.25, -0.2) is 24.1 Å². The zero-order chi connectivity index (χ0) is 20.7. The van der Waals surface area contributed by atoms with Crippen molar-refractivity contribution in [2.75, 3.05) is 0 Å². The highest BCUT2D eigenvalue weighted by atomic mass is 35.5. The van der Waals surface area contributed by atoms with Crippen LogP contribution in [-0.2, 0) is 7.05 Å². The first kappa shape index (κ1) is 19.3. The molecule has 0 radical (unpaired) electrons. The first-order valence-electron chi connectivity index (χ1n) is 8.53. The van der Waals surface area contributed by atoms with Crippen molar-refractivity contribution in [2.24, 2.45) is 12.0 Å². The molecule has 0 bridgehead atoms. The van der Waals surface area contributed by atoms with E-state index in [0.29, 0.717) is 27.5 Å². The molecule has 0 fully saturated rings. The fourth-order valence-electron chi connectivity index (χ4n) is 3.31. The van der Waals surface area contributed by atoms with Crippen molar-refractivity contribution in [3.05, 3.63) is 74.8 Å². The van der Waals surface area contributed by atoms with E-state index in [1.807, 2.05) is 0 Å². The molecule has 1 aliphatic heterocycles. The Morgan fingerprint density at radius 1 is 1.34 bits per heavy atom. The number of carboxylic acid groups (broad SMARTS) is 1. The Balaban J connectivity index is 2.01. The Kier molecular flexibility index (Phi) is 4.93.